The smallest absolute Gasteiger partial charge is 0.278 e. The van der Waals surface area contributed by atoms with E-state index in [1.54, 1.807) is 29.0 Å². The van der Waals surface area contributed by atoms with Crippen molar-refractivity contribution >= 4 is 28.8 Å². The molecular weight excluding hydrogens is 466 g/mol. The number of carbonyl (C=O) groups excluding carboxylic acids is 3. The summed E-state index contributed by atoms with van der Waals surface area (Å²) >= 11 is 1.37. The van der Waals surface area contributed by atoms with Gasteiger partial charge in [-0.05, 0) is 72.5 Å². The topological polar surface area (TPSA) is 115 Å². The Bertz CT molecular complexity index is 1100. The predicted molar refractivity (Wildman–Crippen MR) is 130 cm³/mol. The van der Waals surface area contributed by atoms with Crippen LogP contribution in [0.2, 0.25) is 0 Å². The number of hydrogen-bond acceptors (Lipinski definition) is 7. The van der Waals surface area contributed by atoms with E-state index in [0.29, 0.717) is 23.5 Å². The molecule has 1 heterocycles. The van der Waals surface area contributed by atoms with E-state index in [2.05, 4.69) is 6.92 Å². The van der Waals surface area contributed by atoms with Crippen LogP contribution in [0.25, 0.3) is 0 Å². The van der Waals surface area contributed by atoms with Crippen molar-refractivity contribution < 1.29 is 29.8 Å². The summed E-state index contributed by atoms with van der Waals surface area (Å²) in [6.45, 7) is 3.53. The van der Waals surface area contributed by atoms with E-state index in [4.69, 9.17) is 0 Å². The van der Waals surface area contributed by atoms with Crippen molar-refractivity contribution in [2.45, 2.75) is 45.6 Å². The highest BCUT2D eigenvalue weighted by Crippen LogP contribution is 2.67. The molecule has 1 amide bonds. The first-order chi connectivity index (χ1) is 16.6. The minimum absolute atomic E-state index is 0.00147. The zero-order chi connectivity index (χ0) is 25.1. The summed E-state index contributed by atoms with van der Waals surface area (Å²) in [7, 11) is 0. The molecule has 0 saturated heterocycles. The molecule has 1 aromatic rings. The number of nitrogens with zero attached hydrogens (tertiary/aromatic N) is 1. The van der Waals surface area contributed by atoms with Gasteiger partial charge in [-0.3, -0.25) is 19.6 Å². The molecule has 3 N–H and O–H groups in total. The van der Waals surface area contributed by atoms with Gasteiger partial charge in [0.25, 0.3) is 5.91 Å². The van der Waals surface area contributed by atoms with Crippen molar-refractivity contribution in [2.75, 3.05) is 13.2 Å². The molecule has 35 heavy (non-hydrogen) atoms. The third-order valence-electron chi connectivity index (χ3n) is 9.58. The number of aliphatic hydroxyl groups is 2. The monoisotopic (exact) mass is 499 g/mol. The molecule has 3 saturated carbocycles. The van der Waals surface area contributed by atoms with E-state index in [-0.39, 0.29) is 41.8 Å². The van der Waals surface area contributed by atoms with Crippen molar-refractivity contribution in [1.82, 2.24) is 5.06 Å². The molecule has 8 atom stereocenters. The van der Waals surface area contributed by atoms with Gasteiger partial charge in [-0.1, -0.05) is 25.5 Å². The van der Waals surface area contributed by atoms with E-state index < -0.39 is 35.4 Å². The number of ketones is 2. The van der Waals surface area contributed by atoms with E-state index >= 15 is 0 Å². The first-order valence-corrected chi connectivity index (χ1v) is 13.3. The molecule has 0 aliphatic heterocycles. The maximum absolute atomic E-state index is 13.1. The van der Waals surface area contributed by atoms with Crippen LogP contribution in [0.3, 0.4) is 0 Å². The summed E-state index contributed by atoms with van der Waals surface area (Å²) < 4.78 is 0. The van der Waals surface area contributed by atoms with Gasteiger partial charge in [-0.15, -0.1) is 0 Å². The van der Waals surface area contributed by atoms with E-state index in [1.807, 2.05) is 13.0 Å². The summed E-state index contributed by atoms with van der Waals surface area (Å²) in [6, 6.07) is 1.65. The van der Waals surface area contributed by atoms with Gasteiger partial charge < -0.3 is 10.2 Å². The highest BCUT2D eigenvalue weighted by atomic mass is 32.1. The van der Waals surface area contributed by atoms with Gasteiger partial charge in [0.15, 0.2) is 11.6 Å². The second kappa shape index (κ2) is 8.76. The highest BCUT2D eigenvalue weighted by molar-refractivity contribution is 7.08. The molecule has 3 fully saturated rings. The number of aliphatic hydroxyl groups excluding tert-OH is 2. The number of amides is 1. The summed E-state index contributed by atoms with van der Waals surface area (Å²) in [5.74, 6) is -1.56. The van der Waals surface area contributed by atoms with Crippen molar-refractivity contribution in [2.24, 2.45) is 40.4 Å². The van der Waals surface area contributed by atoms with Gasteiger partial charge in [-0.2, -0.15) is 11.3 Å². The van der Waals surface area contributed by atoms with Crippen LogP contribution in [0, 0.1) is 40.4 Å². The Morgan fingerprint density at radius 3 is 2.74 bits per heavy atom. The Kier molecular flexibility index (Phi) is 6.15. The molecule has 0 bridgehead atoms. The molecular formula is C27H33NO6S. The first kappa shape index (κ1) is 24.6. The third-order valence-corrected chi connectivity index (χ3v) is 10.3. The minimum atomic E-state index is -0.668. The number of rotatable bonds is 5. The molecule has 0 spiro atoms. The van der Waals surface area contributed by atoms with Crippen LogP contribution in [-0.4, -0.2) is 57.2 Å². The average molecular weight is 500 g/mol. The van der Waals surface area contributed by atoms with E-state index in [9.17, 15) is 29.8 Å². The fraction of sp³-hybridized carbons (Fsp3) is 0.593. The normalized spacial score (nSPS) is 39.9. The summed E-state index contributed by atoms with van der Waals surface area (Å²) in [6.07, 6.45) is 7.21. The minimum Gasteiger partial charge on any atom is -0.393 e. The van der Waals surface area contributed by atoms with Gasteiger partial charge >= 0.3 is 0 Å². The number of allylic oxidation sites excluding steroid dienone is 4. The Morgan fingerprint density at radius 1 is 1.29 bits per heavy atom. The van der Waals surface area contributed by atoms with E-state index in [1.165, 1.54) is 11.3 Å². The number of thiophene rings is 1. The Labute approximate surface area is 209 Å². The molecule has 7 nitrogen and oxygen atoms in total. The molecule has 4 aliphatic carbocycles. The number of Topliss-reactive ketones (excluding diaryl/α,β-unsaturated/α-hetero) is 1. The molecule has 188 valence electrons. The molecule has 1 aromatic heterocycles. The standard InChI is InChI=1S/C27H33NO6S/c1-26-7-5-18(30)10-17(26)3-4-19-20-9-16(12-28(34)25(33)15-6-8-35-14-15)23(22(32)13-29)27(20,2)11-21(31)24(19)26/h5-8,10,14,16,19-21,23-24,29,31,34H,3-4,9,11-13H2,1-2H3/t16-,19-,20?,21-,23+,24?,26-,27-/m0/s1. The molecule has 2 unspecified atom stereocenters. The molecule has 0 aromatic carbocycles. The zero-order valence-electron chi connectivity index (χ0n) is 20.1. The summed E-state index contributed by atoms with van der Waals surface area (Å²) in [4.78, 5) is 37.8. The van der Waals surface area contributed by atoms with Gasteiger partial charge in [0, 0.05) is 22.6 Å². The zero-order valence-corrected chi connectivity index (χ0v) is 20.9. The SMILES string of the molecule is C[C@]12C=CC(=O)C=C1CC[C@@H]1C2[C@@H](O)C[C@@]2(C)C1C[C@@H](CN(O)C(=O)c1ccsc1)[C@@H]2C(=O)CO. The first-order valence-electron chi connectivity index (χ1n) is 12.4. The fourth-order valence-corrected chi connectivity index (χ4v) is 8.89. The molecule has 8 heteroatoms. The van der Waals surface area contributed by atoms with Gasteiger partial charge in [0.05, 0.1) is 18.2 Å². The van der Waals surface area contributed by atoms with Gasteiger partial charge in [0.1, 0.15) is 6.61 Å². The van der Waals surface area contributed by atoms with Crippen LogP contribution in [-0.2, 0) is 9.59 Å². The predicted octanol–water partition coefficient (Wildman–Crippen LogP) is 3.26. The van der Waals surface area contributed by atoms with Crippen LogP contribution < -0.4 is 0 Å². The number of fused-ring (bicyclic) bond motifs is 5. The average Bonchev–Trinajstić information content (AvgIpc) is 3.44. The molecule has 5 rings (SSSR count). The Balaban J connectivity index is 1.47. The van der Waals surface area contributed by atoms with Crippen molar-refractivity contribution in [3.8, 4) is 0 Å². The van der Waals surface area contributed by atoms with Crippen LogP contribution in [0.4, 0.5) is 0 Å². The Hall–Kier alpha value is -2.13. The van der Waals surface area contributed by atoms with Crippen LogP contribution in [0.15, 0.2) is 40.6 Å². The van der Waals surface area contributed by atoms with Gasteiger partial charge in [-0.25, -0.2) is 5.06 Å². The van der Waals surface area contributed by atoms with Crippen LogP contribution in [0.5, 0.6) is 0 Å². The number of hydrogen-bond donors (Lipinski definition) is 3. The molecule has 0 radical (unpaired) electrons. The quantitative estimate of drug-likeness (QED) is 0.423. The second-order valence-electron chi connectivity index (χ2n) is 11.3. The maximum atomic E-state index is 13.1. The summed E-state index contributed by atoms with van der Waals surface area (Å²) in [5.41, 5.74) is 0.500. The van der Waals surface area contributed by atoms with Crippen LogP contribution in [0.1, 0.15) is 49.9 Å². The Morgan fingerprint density at radius 2 is 2.06 bits per heavy atom. The number of hydroxylamine groups is 2. The fourth-order valence-electron chi connectivity index (χ4n) is 8.26. The lowest BCUT2D eigenvalue weighted by Gasteiger charge is -2.58. The largest absolute Gasteiger partial charge is 0.393 e. The lowest BCUT2D eigenvalue weighted by atomic mass is 9.46. The van der Waals surface area contributed by atoms with Crippen LogP contribution >= 0.6 is 11.3 Å². The molecule has 4 aliphatic rings. The third kappa shape index (κ3) is 3.77. The lowest BCUT2D eigenvalue weighted by Crippen LogP contribution is -2.56. The lowest BCUT2D eigenvalue weighted by molar-refractivity contribution is -0.144. The van der Waals surface area contributed by atoms with Crippen molar-refractivity contribution in [1.29, 1.82) is 0 Å². The highest BCUT2D eigenvalue weighted by Gasteiger charge is 2.65. The van der Waals surface area contributed by atoms with Crippen molar-refractivity contribution in [3.05, 3.63) is 46.2 Å². The van der Waals surface area contributed by atoms with Crippen molar-refractivity contribution in [3.63, 3.8) is 0 Å². The maximum Gasteiger partial charge on any atom is 0.278 e. The van der Waals surface area contributed by atoms with E-state index in [0.717, 1.165) is 18.4 Å². The van der Waals surface area contributed by atoms with Gasteiger partial charge in [0.2, 0.25) is 0 Å². The summed E-state index contributed by atoms with van der Waals surface area (Å²) in [5, 5.41) is 36.1. The second-order valence-corrected chi connectivity index (χ2v) is 12.1. The number of carbonyl (C=O) groups is 3.